The molecular formula is C10H15N3S. The molecule has 0 radical (unpaired) electrons. The molecule has 1 aliphatic heterocycles. The average Bonchev–Trinajstić information content (AvgIpc) is 2.67. The van der Waals surface area contributed by atoms with Gasteiger partial charge in [0.1, 0.15) is 0 Å². The van der Waals surface area contributed by atoms with Crippen molar-refractivity contribution in [3.63, 3.8) is 0 Å². The van der Waals surface area contributed by atoms with E-state index in [9.17, 15) is 0 Å². The van der Waals surface area contributed by atoms with Crippen LogP contribution in [0.5, 0.6) is 0 Å². The normalized spacial score (nSPS) is 21.5. The highest BCUT2D eigenvalue weighted by Gasteiger charge is 2.22. The van der Waals surface area contributed by atoms with Crippen LogP contribution < -0.4 is 10.6 Å². The molecule has 1 unspecified atom stereocenters. The molecule has 76 valence electrons. The van der Waals surface area contributed by atoms with E-state index in [0.717, 1.165) is 29.7 Å². The Morgan fingerprint density at radius 1 is 1.64 bits per heavy atom. The second-order valence-electron chi connectivity index (χ2n) is 3.53. The highest BCUT2D eigenvalue weighted by atomic mass is 32.2. The first-order valence-corrected chi connectivity index (χ1v) is 6.07. The number of thioether (sulfide) groups is 1. The molecule has 1 saturated heterocycles. The zero-order valence-corrected chi connectivity index (χ0v) is 9.13. The van der Waals surface area contributed by atoms with Gasteiger partial charge in [0.05, 0.1) is 17.6 Å². The Hall–Kier alpha value is -0.900. The Balaban J connectivity index is 2.13. The lowest BCUT2D eigenvalue weighted by molar-refractivity contribution is 0.965. The minimum absolute atomic E-state index is 0.752. The monoisotopic (exact) mass is 209 g/mol. The summed E-state index contributed by atoms with van der Waals surface area (Å²) in [4.78, 5) is 6.34. The van der Waals surface area contributed by atoms with E-state index in [0.29, 0.717) is 0 Å². The van der Waals surface area contributed by atoms with Crippen molar-refractivity contribution in [2.24, 2.45) is 0 Å². The van der Waals surface area contributed by atoms with E-state index in [1.807, 2.05) is 17.8 Å². The van der Waals surface area contributed by atoms with Gasteiger partial charge >= 0.3 is 0 Å². The molecule has 1 atom stereocenters. The summed E-state index contributed by atoms with van der Waals surface area (Å²) in [6.45, 7) is 2.22. The Labute approximate surface area is 88.7 Å². The van der Waals surface area contributed by atoms with Gasteiger partial charge in [-0.2, -0.15) is 11.8 Å². The quantitative estimate of drug-likeness (QED) is 0.803. The van der Waals surface area contributed by atoms with Gasteiger partial charge in [0.2, 0.25) is 0 Å². The zero-order valence-electron chi connectivity index (χ0n) is 8.31. The Kier molecular flexibility index (Phi) is 2.82. The fourth-order valence-corrected chi connectivity index (χ4v) is 2.50. The molecule has 2 N–H and O–H groups in total. The molecule has 0 bridgehead atoms. The topological polar surface area (TPSA) is 42.2 Å². The van der Waals surface area contributed by atoms with Crippen molar-refractivity contribution < 1.29 is 0 Å². The summed E-state index contributed by atoms with van der Waals surface area (Å²) < 4.78 is 0. The highest BCUT2D eigenvalue weighted by Crippen LogP contribution is 2.28. The Morgan fingerprint density at radius 3 is 3.14 bits per heavy atom. The molecule has 1 aromatic heterocycles. The summed E-state index contributed by atoms with van der Waals surface area (Å²) in [5.41, 5.74) is 7.80. The molecule has 14 heavy (non-hydrogen) atoms. The highest BCUT2D eigenvalue weighted by molar-refractivity contribution is 7.99. The molecule has 0 aromatic carbocycles. The first-order chi connectivity index (χ1) is 6.81. The molecule has 0 aliphatic carbocycles. The molecule has 4 heteroatoms. The van der Waals surface area contributed by atoms with Crippen molar-refractivity contribution in [1.82, 2.24) is 4.98 Å². The number of anilines is 2. The number of hydrogen-bond acceptors (Lipinski definition) is 4. The van der Waals surface area contributed by atoms with E-state index in [1.54, 1.807) is 12.4 Å². The van der Waals surface area contributed by atoms with Crippen molar-refractivity contribution in [2.45, 2.75) is 11.7 Å². The lowest BCUT2D eigenvalue weighted by Crippen LogP contribution is -2.21. The van der Waals surface area contributed by atoms with Crippen LogP contribution in [-0.4, -0.2) is 29.6 Å². The maximum absolute atomic E-state index is 5.88. The number of rotatable bonds is 2. The number of nitrogens with two attached hydrogens (primary N) is 1. The third kappa shape index (κ3) is 1.80. The number of hydrogen-bond donors (Lipinski definition) is 1. The first kappa shape index (κ1) is 9.65. The first-order valence-electron chi connectivity index (χ1n) is 4.78. The predicted octanol–water partition coefficient (Wildman–Crippen LogP) is 1.61. The van der Waals surface area contributed by atoms with Crippen LogP contribution in [0.4, 0.5) is 11.4 Å². The van der Waals surface area contributed by atoms with Crippen LogP contribution in [-0.2, 0) is 0 Å². The number of nitrogen functional groups attached to an aromatic ring is 1. The molecule has 1 aliphatic rings. The number of nitrogens with zero attached hydrogens (tertiary/aromatic N) is 2. The minimum atomic E-state index is 0.752. The summed E-state index contributed by atoms with van der Waals surface area (Å²) in [6, 6.07) is 2.00. The molecule has 2 heterocycles. The summed E-state index contributed by atoms with van der Waals surface area (Å²) in [5.74, 6) is 0. The van der Waals surface area contributed by atoms with Crippen LogP contribution in [0, 0.1) is 0 Å². The molecule has 0 spiro atoms. The van der Waals surface area contributed by atoms with Gasteiger partial charge in [0.25, 0.3) is 0 Å². The maximum Gasteiger partial charge on any atom is 0.0738 e. The minimum Gasteiger partial charge on any atom is -0.396 e. The van der Waals surface area contributed by atoms with Gasteiger partial charge in [-0.3, -0.25) is 4.98 Å². The third-order valence-electron chi connectivity index (χ3n) is 2.65. The summed E-state index contributed by atoms with van der Waals surface area (Å²) in [5, 5.41) is 0.752. The van der Waals surface area contributed by atoms with Crippen LogP contribution in [0.3, 0.4) is 0 Å². The average molecular weight is 209 g/mol. The van der Waals surface area contributed by atoms with Crippen molar-refractivity contribution >= 4 is 23.1 Å². The largest absolute Gasteiger partial charge is 0.396 e. The van der Waals surface area contributed by atoms with Crippen LogP contribution in [0.2, 0.25) is 0 Å². The van der Waals surface area contributed by atoms with Crippen molar-refractivity contribution in [3.05, 3.63) is 18.5 Å². The van der Waals surface area contributed by atoms with Gasteiger partial charge in [-0.25, -0.2) is 0 Å². The Morgan fingerprint density at radius 2 is 2.50 bits per heavy atom. The smallest absolute Gasteiger partial charge is 0.0738 e. The second-order valence-corrected chi connectivity index (χ2v) is 4.66. The summed E-state index contributed by atoms with van der Waals surface area (Å²) in [6.07, 6.45) is 6.95. The number of aromatic nitrogens is 1. The summed E-state index contributed by atoms with van der Waals surface area (Å²) in [7, 11) is 0. The van der Waals surface area contributed by atoms with Crippen molar-refractivity contribution in [3.8, 4) is 0 Å². The van der Waals surface area contributed by atoms with Crippen LogP contribution in [0.1, 0.15) is 6.42 Å². The van der Waals surface area contributed by atoms with E-state index >= 15 is 0 Å². The third-order valence-corrected chi connectivity index (χ3v) is 3.70. The lowest BCUT2D eigenvalue weighted by atomic mass is 10.3. The van der Waals surface area contributed by atoms with E-state index in [-0.39, 0.29) is 0 Å². The van der Waals surface area contributed by atoms with E-state index in [1.165, 1.54) is 6.42 Å². The Bertz CT molecular complexity index is 316. The molecule has 2 rings (SSSR count). The standard InChI is InChI=1S/C10H15N3S/c1-14-8-3-5-13(7-8)10-2-4-12-6-9(10)11/h2,4,6,8H,3,5,7,11H2,1H3. The fourth-order valence-electron chi connectivity index (χ4n) is 1.83. The van der Waals surface area contributed by atoms with Crippen LogP contribution >= 0.6 is 11.8 Å². The zero-order chi connectivity index (χ0) is 9.97. The van der Waals surface area contributed by atoms with Crippen LogP contribution in [0.15, 0.2) is 18.5 Å². The van der Waals surface area contributed by atoms with Gasteiger partial charge in [0.15, 0.2) is 0 Å². The van der Waals surface area contributed by atoms with Crippen molar-refractivity contribution in [1.29, 1.82) is 0 Å². The van der Waals surface area contributed by atoms with Gasteiger partial charge in [-0.05, 0) is 18.7 Å². The van der Waals surface area contributed by atoms with Crippen molar-refractivity contribution in [2.75, 3.05) is 30.0 Å². The van der Waals surface area contributed by atoms with Gasteiger partial charge < -0.3 is 10.6 Å². The van der Waals surface area contributed by atoms with E-state index in [2.05, 4.69) is 16.1 Å². The molecule has 1 fully saturated rings. The van der Waals surface area contributed by atoms with E-state index < -0.39 is 0 Å². The maximum atomic E-state index is 5.88. The summed E-state index contributed by atoms with van der Waals surface area (Å²) >= 11 is 1.94. The molecule has 0 saturated carbocycles. The second kappa shape index (κ2) is 4.09. The van der Waals surface area contributed by atoms with E-state index in [4.69, 9.17) is 5.73 Å². The molecule has 0 amide bonds. The predicted molar refractivity (Wildman–Crippen MR) is 62.8 cm³/mol. The molecule has 3 nitrogen and oxygen atoms in total. The molecular weight excluding hydrogens is 194 g/mol. The molecule has 1 aromatic rings. The fraction of sp³-hybridized carbons (Fsp3) is 0.500. The van der Waals surface area contributed by atoms with Gasteiger partial charge in [-0.15, -0.1) is 0 Å². The van der Waals surface area contributed by atoms with Gasteiger partial charge in [-0.1, -0.05) is 0 Å². The SMILES string of the molecule is CSC1CCN(c2ccncc2N)C1. The van der Waals surface area contributed by atoms with Crippen LogP contribution in [0.25, 0.3) is 0 Å². The van der Waals surface area contributed by atoms with Gasteiger partial charge in [0, 0.05) is 24.5 Å². The lowest BCUT2D eigenvalue weighted by Gasteiger charge is -2.19. The number of pyridine rings is 1.